The molecule has 2 N–H and O–H groups in total. The van der Waals surface area contributed by atoms with Crippen molar-refractivity contribution in [3.8, 4) is 11.6 Å². The van der Waals surface area contributed by atoms with Gasteiger partial charge in [-0.2, -0.15) is 0 Å². The van der Waals surface area contributed by atoms with Crippen LogP contribution in [0.3, 0.4) is 0 Å². The Balaban J connectivity index is 2.39. The maximum atomic E-state index is 6.11. The molecule has 1 aromatic carbocycles. The summed E-state index contributed by atoms with van der Waals surface area (Å²) in [6, 6.07) is 6.79. The van der Waals surface area contributed by atoms with Crippen molar-refractivity contribution < 1.29 is 4.74 Å². The number of pyridine rings is 1. The molecule has 0 aliphatic heterocycles. The normalized spacial score (nSPS) is 12.3. The molecular weight excluding hydrogens is 351 g/mol. The van der Waals surface area contributed by atoms with E-state index in [9.17, 15) is 0 Å². The molecule has 0 fully saturated rings. The maximum Gasteiger partial charge on any atom is 0.224 e. The Hall–Kier alpha value is -0.810. The minimum absolute atomic E-state index is 0.187. The first-order chi connectivity index (χ1) is 8.99. The van der Waals surface area contributed by atoms with Crippen LogP contribution in [-0.4, -0.2) is 4.98 Å². The third kappa shape index (κ3) is 3.39. The van der Waals surface area contributed by atoms with Crippen LogP contribution < -0.4 is 10.5 Å². The molecule has 2 aromatic rings. The van der Waals surface area contributed by atoms with E-state index in [0.717, 1.165) is 5.56 Å². The number of aromatic nitrogens is 1. The molecular formula is C13H11BrCl2N2O. The number of ether oxygens (including phenoxy) is 1. The highest BCUT2D eigenvalue weighted by Gasteiger charge is 2.13. The number of nitrogens with two attached hydrogens (primary N) is 1. The zero-order chi connectivity index (χ0) is 14.0. The van der Waals surface area contributed by atoms with Crippen LogP contribution in [0.15, 0.2) is 34.9 Å². The summed E-state index contributed by atoms with van der Waals surface area (Å²) in [4.78, 5) is 4.17. The molecule has 3 nitrogen and oxygen atoms in total. The fourth-order valence-corrected chi connectivity index (χ4v) is 2.35. The number of benzene rings is 1. The standard InChI is InChI=1S/C13H11BrCl2N2O/c1-7(17)8-3-2-4-18-13(8)19-12-6-10(15)9(14)5-11(12)16/h2-7H,17H2,1H3/t7-/m0/s1. The van der Waals surface area contributed by atoms with Crippen LogP contribution in [0.1, 0.15) is 18.5 Å². The van der Waals surface area contributed by atoms with Gasteiger partial charge in [0.2, 0.25) is 5.88 Å². The Morgan fingerprint density at radius 1 is 1.32 bits per heavy atom. The Kier molecular flexibility index (Phi) is 4.68. The molecule has 0 bridgehead atoms. The predicted octanol–water partition coefficient (Wildman–Crippen LogP) is 4.96. The van der Waals surface area contributed by atoms with Crippen LogP contribution >= 0.6 is 39.1 Å². The van der Waals surface area contributed by atoms with Gasteiger partial charge >= 0.3 is 0 Å². The Morgan fingerprint density at radius 3 is 2.74 bits per heavy atom. The van der Waals surface area contributed by atoms with Crippen molar-refractivity contribution >= 4 is 39.1 Å². The molecule has 0 unspecified atom stereocenters. The third-order valence-electron chi connectivity index (χ3n) is 2.47. The molecule has 0 radical (unpaired) electrons. The summed E-state index contributed by atoms with van der Waals surface area (Å²) in [5.74, 6) is 0.869. The summed E-state index contributed by atoms with van der Waals surface area (Å²) in [5.41, 5.74) is 6.68. The molecule has 1 atom stereocenters. The monoisotopic (exact) mass is 360 g/mol. The van der Waals surface area contributed by atoms with E-state index in [0.29, 0.717) is 26.1 Å². The smallest absolute Gasteiger partial charge is 0.224 e. The first-order valence-electron chi connectivity index (χ1n) is 5.52. The van der Waals surface area contributed by atoms with E-state index in [4.69, 9.17) is 33.7 Å². The molecule has 0 spiro atoms. The summed E-state index contributed by atoms with van der Waals surface area (Å²) < 4.78 is 6.42. The lowest BCUT2D eigenvalue weighted by Gasteiger charge is -2.13. The van der Waals surface area contributed by atoms with Crippen molar-refractivity contribution in [1.82, 2.24) is 4.98 Å². The van der Waals surface area contributed by atoms with E-state index in [2.05, 4.69) is 20.9 Å². The molecule has 0 aliphatic rings. The minimum Gasteiger partial charge on any atom is -0.437 e. The molecule has 0 saturated carbocycles. The van der Waals surface area contributed by atoms with Gasteiger partial charge in [0.25, 0.3) is 0 Å². The lowest BCUT2D eigenvalue weighted by molar-refractivity contribution is 0.452. The van der Waals surface area contributed by atoms with Crippen molar-refractivity contribution in [2.45, 2.75) is 13.0 Å². The van der Waals surface area contributed by atoms with Gasteiger partial charge in [0.15, 0.2) is 0 Å². The minimum atomic E-state index is -0.187. The highest BCUT2D eigenvalue weighted by molar-refractivity contribution is 9.10. The van der Waals surface area contributed by atoms with Gasteiger partial charge in [-0.3, -0.25) is 0 Å². The van der Waals surface area contributed by atoms with Crippen molar-refractivity contribution in [3.63, 3.8) is 0 Å². The molecule has 6 heteroatoms. The van der Waals surface area contributed by atoms with Crippen LogP contribution in [0.4, 0.5) is 0 Å². The van der Waals surface area contributed by atoms with Gasteiger partial charge < -0.3 is 10.5 Å². The largest absolute Gasteiger partial charge is 0.437 e. The fourth-order valence-electron chi connectivity index (χ4n) is 1.52. The molecule has 0 aliphatic carbocycles. The van der Waals surface area contributed by atoms with Gasteiger partial charge in [0, 0.05) is 28.3 Å². The summed E-state index contributed by atoms with van der Waals surface area (Å²) >= 11 is 15.4. The van der Waals surface area contributed by atoms with Crippen molar-refractivity contribution in [2.75, 3.05) is 0 Å². The highest BCUT2D eigenvalue weighted by atomic mass is 79.9. The molecule has 1 aromatic heterocycles. The molecule has 100 valence electrons. The van der Waals surface area contributed by atoms with Crippen LogP contribution in [0, 0.1) is 0 Å². The zero-order valence-electron chi connectivity index (χ0n) is 10.0. The van der Waals surface area contributed by atoms with Gasteiger partial charge in [-0.05, 0) is 35.0 Å². The third-order valence-corrected chi connectivity index (χ3v) is 3.97. The Labute approximate surface area is 129 Å². The highest BCUT2D eigenvalue weighted by Crippen LogP contribution is 2.37. The summed E-state index contributed by atoms with van der Waals surface area (Å²) in [7, 11) is 0. The van der Waals surface area contributed by atoms with E-state index in [1.165, 1.54) is 0 Å². The maximum absolute atomic E-state index is 6.11. The Bertz CT molecular complexity index is 605. The topological polar surface area (TPSA) is 48.1 Å². The van der Waals surface area contributed by atoms with E-state index < -0.39 is 0 Å². The number of hydrogen-bond donors (Lipinski definition) is 1. The van der Waals surface area contributed by atoms with Gasteiger partial charge in [0.05, 0.1) is 10.0 Å². The average molecular weight is 362 g/mol. The van der Waals surface area contributed by atoms with E-state index >= 15 is 0 Å². The van der Waals surface area contributed by atoms with E-state index in [1.807, 2.05) is 19.1 Å². The van der Waals surface area contributed by atoms with Crippen molar-refractivity contribution in [3.05, 3.63) is 50.5 Å². The van der Waals surface area contributed by atoms with Crippen LogP contribution in [0.2, 0.25) is 10.0 Å². The lowest BCUT2D eigenvalue weighted by atomic mass is 10.1. The van der Waals surface area contributed by atoms with Gasteiger partial charge in [0.1, 0.15) is 5.75 Å². The Morgan fingerprint density at radius 2 is 2.05 bits per heavy atom. The second kappa shape index (κ2) is 6.09. The van der Waals surface area contributed by atoms with Crippen LogP contribution in [0.5, 0.6) is 11.6 Å². The fraction of sp³-hybridized carbons (Fsp3) is 0.154. The second-order valence-corrected chi connectivity index (χ2v) is 5.65. The molecule has 0 amide bonds. The van der Waals surface area contributed by atoms with E-state index in [-0.39, 0.29) is 6.04 Å². The molecule has 2 rings (SSSR count). The zero-order valence-corrected chi connectivity index (χ0v) is 13.1. The van der Waals surface area contributed by atoms with Gasteiger partial charge in [-0.15, -0.1) is 0 Å². The molecule has 1 heterocycles. The number of nitrogens with zero attached hydrogens (tertiary/aromatic N) is 1. The summed E-state index contributed by atoms with van der Waals surface area (Å²) in [6.07, 6.45) is 1.63. The first-order valence-corrected chi connectivity index (χ1v) is 7.07. The predicted molar refractivity (Wildman–Crippen MR) is 81.1 cm³/mol. The number of halogens is 3. The SMILES string of the molecule is C[C@H](N)c1cccnc1Oc1cc(Cl)c(Br)cc1Cl. The van der Waals surface area contributed by atoms with Crippen molar-refractivity contribution in [2.24, 2.45) is 5.73 Å². The van der Waals surface area contributed by atoms with Gasteiger partial charge in [-0.1, -0.05) is 29.3 Å². The quantitative estimate of drug-likeness (QED) is 0.785. The molecule has 0 saturated heterocycles. The first kappa shape index (κ1) is 14.6. The van der Waals surface area contributed by atoms with Crippen LogP contribution in [-0.2, 0) is 0 Å². The molecule has 19 heavy (non-hydrogen) atoms. The second-order valence-electron chi connectivity index (χ2n) is 3.99. The lowest BCUT2D eigenvalue weighted by Crippen LogP contribution is -2.07. The summed E-state index contributed by atoms with van der Waals surface area (Å²) in [6.45, 7) is 1.86. The van der Waals surface area contributed by atoms with Crippen molar-refractivity contribution in [1.29, 1.82) is 0 Å². The number of hydrogen-bond acceptors (Lipinski definition) is 3. The van der Waals surface area contributed by atoms with E-state index in [1.54, 1.807) is 18.3 Å². The average Bonchev–Trinajstić information content (AvgIpc) is 2.36. The van der Waals surface area contributed by atoms with Crippen LogP contribution in [0.25, 0.3) is 0 Å². The van der Waals surface area contributed by atoms with Gasteiger partial charge in [-0.25, -0.2) is 4.98 Å². The number of rotatable bonds is 3. The summed E-state index contributed by atoms with van der Waals surface area (Å²) in [5, 5.41) is 0.954.